The molecule has 0 fully saturated rings. The molecule has 0 aliphatic rings. The highest BCUT2D eigenvalue weighted by atomic mass is 35.5. The zero-order chi connectivity index (χ0) is 13.8. The Kier molecular flexibility index (Phi) is 4.23. The van der Waals surface area contributed by atoms with Gasteiger partial charge in [0.1, 0.15) is 5.75 Å². The van der Waals surface area contributed by atoms with Crippen LogP contribution in [0.1, 0.15) is 21.5 Å². The van der Waals surface area contributed by atoms with Crippen molar-refractivity contribution in [3.8, 4) is 5.75 Å². The van der Waals surface area contributed by atoms with E-state index in [1.165, 1.54) is 0 Å². The maximum absolute atomic E-state index is 12.2. The predicted molar refractivity (Wildman–Crippen MR) is 77.2 cm³/mol. The van der Waals surface area contributed by atoms with Crippen LogP contribution in [-0.2, 0) is 6.42 Å². The van der Waals surface area contributed by atoms with E-state index >= 15 is 0 Å². The average Bonchev–Trinajstić information content (AvgIpc) is 2.42. The molecule has 0 spiro atoms. The van der Waals surface area contributed by atoms with Gasteiger partial charge in [0.25, 0.3) is 0 Å². The molecular weight excluding hydrogens is 260 g/mol. The minimum atomic E-state index is 0.0879. The first-order valence-electron chi connectivity index (χ1n) is 6.02. The van der Waals surface area contributed by atoms with Gasteiger partial charge in [-0.25, -0.2) is 0 Å². The first kappa shape index (κ1) is 13.6. The van der Waals surface area contributed by atoms with Gasteiger partial charge >= 0.3 is 0 Å². The number of hydrogen-bond donors (Lipinski definition) is 0. The minimum Gasteiger partial charge on any atom is -0.497 e. The first-order chi connectivity index (χ1) is 9.10. The van der Waals surface area contributed by atoms with Crippen molar-refractivity contribution >= 4 is 17.4 Å². The molecule has 2 nitrogen and oxygen atoms in total. The SMILES string of the molecule is COc1ccc(CC(=O)c2ccc(Cl)c(C)c2)cc1. The first-order valence-corrected chi connectivity index (χ1v) is 6.40. The lowest BCUT2D eigenvalue weighted by Gasteiger charge is -2.05. The Labute approximate surface area is 118 Å². The lowest BCUT2D eigenvalue weighted by molar-refractivity contribution is 0.0993. The van der Waals surface area contributed by atoms with Gasteiger partial charge in [0.2, 0.25) is 0 Å². The van der Waals surface area contributed by atoms with Crippen LogP contribution < -0.4 is 4.74 Å². The van der Waals surface area contributed by atoms with Crippen LogP contribution in [0.5, 0.6) is 5.75 Å². The lowest BCUT2D eigenvalue weighted by atomic mass is 10.0. The largest absolute Gasteiger partial charge is 0.497 e. The third kappa shape index (κ3) is 3.36. The molecule has 0 unspecified atom stereocenters. The maximum atomic E-state index is 12.2. The standard InChI is InChI=1S/C16H15ClO2/c1-11-9-13(5-8-15(11)17)16(18)10-12-3-6-14(19-2)7-4-12/h3-9H,10H2,1-2H3. The van der Waals surface area contributed by atoms with E-state index in [4.69, 9.17) is 16.3 Å². The number of ketones is 1. The molecule has 0 N–H and O–H groups in total. The van der Waals surface area contributed by atoms with Crippen LogP contribution in [0.4, 0.5) is 0 Å². The summed E-state index contributed by atoms with van der Waals surface area (Å²) in [7, 11) is 1.62. The maximum Gasteiger partial charge on any atom is 0.167 e. The molecule has 0 saturated carbocycles. The number of methoxy groups -OCH3 is 1. The van der Waals surface area contributed by atoms with Crippen LogP contribution in [0.2, 0.25) is 5.02 Å². The second kappa shape index (κ2) is 5.89. The summed E-state index contributed by atoms with van der Waals surface area (Å²) in [6.45, 7) is 1.90. The number of halogens is 1. The molecule has 2 aromatic carbocycles. The van der Waals surface area contributed by atoms with E-state index in [9.17, 15) is 4.79 Å². The van der Waals surface area contributed by atoms with Crippen LogP contribution >= 0.6 is 11.6 Å². The number of Topliss-reactive ketones (excluding diaryl/α,β-unsaturated/α-hetero) is 1. The molecule has 0 bridgehead atoms. The normalized spacial score (nSPS) is 10.3. The Bertz CT molecular complexity index is 588. The second-order valence-corrected chi connectivity index (χ2v) is 4.82. The topological polar surface area (TPSA) is 26.3 Å². The van der Waals surface area contributed by atoms with E-state index in [0.717, 1.165) is 16.9 Å². The van der Waals surface area contributed by atoms with Crippen LogP contribution in [0.3, 0.4) is 0 Å². The number of hydrogen-bond acceptors (Lipinski definition) is 2. The Hall–Kier alpha value is -1.80. The summed E-state index contributed by atoms with van der Waals surface area (Å²) in [6.07, 6.45) is 0.380. The molecule has 2 rings (SSSR count). The summed E-state index contributed by atoms with van der Waals surface area (Å²) in [6, 6.07) is 12.9. The Balaban J connectivity index is 2.13. The molecule has 0 heterocycles. The molecule has 19 heavy (non-hydrogen) atoms. The van der Waals surface area contributed by atoms with Crippen molar-refractivity contribution in [3.63, 3.8) is 0 Å². The van der Waals surface area contributed by atoms with Gasteiger partial charge in [-0.2, -0.15) is 0 Å². The van der Waals surface area contributed by atoms with Crippen LogP contribution in [0.25, 0.3) is 0 Å². The van der Waals surface area contributed by atoms with Crippen molar-refractivity contribution in [1.29, 1.82) is 0 Å². The van der Waals surface area contributed by atoms with Gasteiger partial charge in [-0.3, -0.25) is 4.79 Å². The third-order valence-electron chi connectivity index (χ3n) is 3.00. The number of benzene rings is 2. The van der Waals surface area contributed by atoms with Crippen molar-refractivity contribution in [1.82, 2.24) is 0 Å². The summed E-state index contributed by atoms with van der Waals surface area (Å²) in [5, 5.41) is 0.681. The number of ether oxygens (including phenoxy) is 1. The van der Waals surface area contributed by atoms with Crippen molar-refractivity contribution in [2.75, 3.05) is 7.11 Å². The Morgan fingerprint density at radius 2 is 1.84 bits per heavy atom. The fourth-order valence-electron chi connectivity index (χ4n) is 1.85. The van der Waals surface area contributed by atoms with E-state index in [1.54, 1.807) is 19.2 Å². The summed E-state index contributed by atoms with van der Waals surface area (Å²) in [5.74, 6) is 0.878. The van der Waals surface area contributed by atoms with Gasteiger partial charge in [0.05, 0.1) is 7.11 Å². The number of aryl methyl sites for hydroxylation is 1. The van der Waals surface area contributed by atoms with Crippen molar-refractivity contribution in [3.05, 3.63) is 64.2 Å². The molecule has 0 radical (unpaired) electrons. The number of carbonyl (C=O) groups excluding carboxylic acids is 1. The van der Waals surface area contributed by atoms with E-state index in [0.29, 0.717) is 17.0 Å². The lowest BCUT2D eigenvalue weighted by Crippen LogP contribution is -2.03. The minimum absolute atomic E-state index is 0.0879. The molecule has 0 aliphatic carbocycles. The number of rotatable bonds is 4. The molecular formula is C16H15ClO2. The fraction of sp³-hybridized carbons (Fsp3) is 0.188. The highest BCUT2D eigenvalue weighted by Crippen LogP contribution is 2.18. The molecule has 0 atom stereocenters. The molecule has 98 valence electrons. The van der Waals surface area contributed by atoms with Crippen molar-refractivity contribution < 1.29 is 9.53 Å². The Morgan fingerprint density at radius 3 is 2.42 bits per heavy atom. The van der Waals surface area contributed by atoms with Crippen LogP contribution in [0, 0.1) is 6.92 Å². The quantitative estimate of drug-likeness (QED) is 0.785. The number of carbonyl (C=O) groups is 1. The highest BCUT2D eigenvalue weighted by Gasteiger charge is 2.08. The average molecular weight is 275 g/mol. The van der Waals surface area contributed by atoms with Gasteiger partial charge in [-0.1, -0.05) is 23.7 Å². The van der Waals surface area contributed by atoms with Crippen molar-refractivity contribution in [2.45, 2.75) is 13.3 Å². The monoisotopic (exact) mass is 274 g/mol. The Morgan fingerprint density at radius 1 is 1.16 bits per heavy atom. The highest BCUT2D eigenvalue weighted by molar-refractivity contribution is 6.31. The van der Waals surface area contributed by atoms with Gasteiger partial charge in [-0.05, 0) is 48.4 Å². The molecule has 0 amide bonds. The van der Waals surface area contributed by atoms with E-state index in [2.05, 4.69) is 0 Å². The zero-order valence-electron chi connectivity index (χ0n) is 10.9. The van der Waals surface area contributed by atoms with E-state index in [1.807, 2.05) is 37.3 Å². The summed E-state index contributed by atoms with van der Waals surface area (Å²) in [4.78, 5) is 12.2. The van der Waals surface area contributed by atoms with E-state index in [-0.39, 0.29) is 5.78 Å². The molecule has 2 aromatic rings. The van der Waals surface area contributed by atoms with Gasteiger partial charge in [0.15, 0.2) is 5.78 Å². The van der Waals surface area contributed by atoms with Gasteiger partial charge in [0, 0.05) is 17.0 Å². The molecule has 0 aromatic heterocycles. The summed E-state index contributed by atoms with van der Waals surface area (Å²) >= 11 is 5.95. The molecule has 0 aliphatic heterocycles. The second-order valence-electron chi connectivity index (χ2n) is 4.41. The smallest absolute Gasteiger partial charge is 0.167 e. The summed E-state index contributed by atoms with van der Waals surface area (Å²) in [5.41, 5.74) is 2.58. The molecule has 3 heteroatoms. The van der Waals surface area contributed by atoms with E-state index < -0.39 is 0 Å². The van der Waals surface area contributed by atoms with Crippen LogP contribution in [0.15, 0.2) is 42.5 Å². The third-order valence-corrected chi connectivity index (χ3v) is 3.43. The zero-order valence-corrected chi connectivity index (χ0v) is 11.7. The van der Waals surface area contributed by atoms with Crippen LogP contribution in [-0.4, -0.2) is 12.9 Å². The fourth-order valence-corrected chi connectivity index (χ4v) is 1.97. The summed E-state index contributed by atoms with van der Waals surface area (Å²) < 4.78 is 5.09. The van der Waals surface area contributed by atoms with Gasteiger partial charge in [-0.15, -0.1) is 0 Å². The molecule has 0 saturated heterocycles. The van der Waals surface area contributed by atoms with Crippen molar-refractivity contribution in [2.24, 2.45) is 0 Å². The van der Waals surface area contributed by atoms with Gasteiger partial charge < -0.3 is 4.74 Å². The predicted octanol–water partition coefficient (Wildman–Crippen LogP) is 4.08.